The fraction of sp³-hybridized carbons (Fsp3) is 0.462. The Morgan fingerprint density at radius 2 is 2.11 bits per heavy atom. The molecular weight excluding hydrogens is 246 g/mol. The molecule has 0 aliphatic carbocycles. The van der Waals surface area contributed by atoms with Crippen LogP contribution in [0.3, 0.4) is 0 Å². The number of nitrogens with zero attached hydrogens (tertiary/aromatic N) is 3. The van der Waals surface area contributed by atoms with Gasteiger partial charge in [-0.15, -0.1) is 0 Å². The largest absolute Gasteiger partial charge is 0.480 e. The molecule has 0 saturated heterocycles. The van der Waals surface area contributed by atoms with Gasteiger partial charge in [0.05, 0.1) is 12.2 Å². The molecule has 19 heavy (non-hydrogen) atoms. The average molecular weight is 265 g/mol. The number of carboxylic acids is 1. The number of rotatable bonds is 6. The topological polar surface area (TPSA) is 73.7 Å². The molecule has 6 nitrogen and oxygen atoms in total. The van der Waals surface area contributed by atoms with Crippen molar-refractivity contribution in [3.8, 4) is 0 Å². The van der Waals surface area contributed by atoms with Gasteiger partial charge >= 0.3 is 12.0 Å². The number of urea groups is 1. The van der Waals surface area contributed by atoms with Gasteiger partial charge in [-0.2, -0.15) is 0 Å². The van der Waals surface area contributed by atoms with Gasteiger partial charge in [-0.1, -0.05) is 13.0 Å². The van der Waals surface area contributed by atoms with Crippen LogP contribution in [0.1, 0.15) is 19.0 Å². The number of carbonyl (C=O) groups excluding carboxylic acids is 1. The first-order valence-corrected chi connectivity index (χ1v) is 6.16. The minimum atomic E-state index is -1.01. The smallest absolute Gasteiger partial charge is 0.323 e. The molecule has 0 aliphatic rings. The molecule has 6 heteroatoms. The molecule has 0 saturated carbocycles. The molecule has 104 valence electrons. The van der Waals surface area contributed by atoms with Crippen molar-refractivity contribution in [2.24, 2.45) is 0 Å². The summed E-state index contributed by atoms with van der Waals surface area (Å²) >= 11 is 0. The standard InChI is InChI=1S/C13H19N3O3/c1-3-8-16(10-12(17)18)13(19)15(2)9-11-6-4-5-7-14-11/h4-7H,3,8-10H2,1-2H3,(H,17,18). The molecule has 0 fully saturated rings. The van der Waals surface area contributed by atoms with Gasteiger partial charge in [-0.05, 0) is 18.6 Å². The summed E-state index contributed by atoms with van der Waals surface area (Å²) in [6.07, 6.45) is 2.38. The van der Waals surface area contributed by atoms with Crippen molar-refractivity contribution < 1.29 is 14.7 Å². The Balaban J connectivity index is 2.65. The second-order valence-electron chi connectivity index (χ2n) is 4.28. The fourth-order valence-electron chi connectivity index (χ4n) is 1.72. The number of amides is 2. The third-order valence-corrected chi connectivity index (χ3v) is 2.54. The normalized spacial score (nSPS) is 10.0. The van der Waals surface area contributed by atoms with E-state index in [0.29, 0.717) is 13.1 Å². The van der Waals surface area contributed by atoms with Crippen LogP contribution in [0.25, 0.3) is 0 Å². The maximum Gasteiger partial charge on any atom is 0.323 e. The van der Waals surface area contributed by atoms with Crippen LogP contribution in [0.2, 0.25) is 0 Å². The molecule has 0 bridgehead atoms. The van der Waals surface area contributed by atoms with Crippen molar-refractivity contribution in [1.29, 1.82) is 0 Å². The summed E-state index contributed by atoms with van der Waals surface area (Å²) in [4.78, 5) is 29.8. The first kappa shape index (κ1) is 14.9. The van der Waals surface area contributed by atoms with Crippen LogP contribution in [-0.2, 0) is 11.3 Å². The summed E-state index contributed by atoms with van der Waals surface area (Å²) < 4.78 is 0. The van der Waals surface area contributed by atoms with E-state index in [0.717, 1.165) is 12.1 Å². The highest BCUT2D eigenvalue weighted by atomic mass is 16.4. The highest BCUT2D eigenvalue weighted by Crippen LogP contribution is 2.04. The summed E-state index contributed by atoms with van der Waals surface area (Å²) in [5, 5.41) is 8.81. The molecule has 0 aliphatic heterocycles. The van der Waals surface area contributed by atoms with E-state index in [1.807, 2.05) is 19.1 Å². The minimum absolute atomic E-state index is 0.279. The first-order chi connectivity index (χ1) is 9.04. The van der Waals surface area contributed by atoms with Crippen LogP contribution >= 0.6 is 0 Å². The Morgan fingerprint density at radius 3 is 2.63 bits per heavy atom. The first-order valence-electron chi connectivity index (χ1n) is 6.16. The minimum Gasteiger partial charge on any atom is -0.480 e. The second-order valence-corrected chi connectivity index (χ2v) is 4.28. The van der Waals surface area contributed by atoms with Gasteiger partial charge in [0.15, 0.2) is 0 Å². The highest BCUT2D eigenvalue weighted by molar-refractivity contribution is 5.80. The van der Waals surface area contributed by atoms with E-state index >= 15 is 0 Å². The Kier molecular flexibility index (Phi) is 5.78. The zero-order valence-corrected chi connectivity index (χ0v) is 11.2. The maximum atomic E-state index is 12.1. The van der Waals surface area contributed by atoms with E-state index in [1.54, 1.807) is 19.3 Å². The van der Waals surface area contributed by atoms with Crippen LogP contribution in [0.15, 0.2) is 24.4 Å². The van der Waals surface area contributed by atoms with Crippen LogP contribution in [-0.4, -0.2) is 52.0 Å². The van der Waals surface area contributed by atoms with E-state index in [9.17, 15) is 9.59 Å². The Labute approximate surface area is 112 Å². The number of carbonyl (C=O) groups is 2. The van der Waals surface area contributed by atoms with Crippen LogP contribution in [0, 0.1) is 0 Å². The van der Waals surface area contributed by atoms with Crippen molar-refractivity contribution in [1.82, 2.24) is 14.8 Å². The Morgan fingerprint density at radius 1 is 1.37 bits per heavy atom. The van der Waals surface area contributed by atoms with E-state index in [4.69, 9.17) is 5.11 Å². The molecule has 0 unspecified atom stereocenters. The van der Waals surface area contributed by atoms with E-state index < -0.39 is 5.97 Å². The number of aromatic nitrogens is 1. The lowest BCUT2D eigenvalue weighted by Gasteiger charge is -2.26. The summed E-state index contributed by atoms with van der Waals surface area (Å²) in [5.41, 5.74) is 0.769. The van der Waals surface area contributed by atoms with Gasteiger partial charge in [-0.25, -0.2) is 4.79 Å². The fourth-order valence-corrected chi connectivity index (χ4v) is 1.72. The summed E-state index contributed by atoms with van der Waals surface area (Å²) in [6, 6.07) is 5.18. The summed E-state index contributed by atoms with van der Waals surface area (Å²) in [7, 11) is 1.64. The lowest BCUT2D eigenvalue weighted by atomic mass is 10.3. The van der Waals surface area contributed by atoms with Gasteiger partial charge < -0.3 is 14.9 Å². The van der Waals surface area contributed by atoms with E-state index in [1.165, 1.54) is 9.80 Å². The molecule has 1 rings (SSSR count). The van der Waals surface area contributed by atoms with E-state index in [2.05, 4.69) is 4.98 Å². The Bertz CT molecular complexity index is 422. The lowest BCUT2D eigenvalue weighted by Crippen LogP contribution is -2.43. The van der Waals surface area contributed by atoms with Crippen LogP contribution in [0.4, 0.5) is 4.79 Å². The molecule has 1 N–H and O–H groups in total. The SMILES string of the molecule is CCCN(CC(=O)O)C(=O)N(C)Cc1ccccn1. The van der Waals surface area contributed by atoms with Crippen molar-refractivity contribution in [3.05, 3.63) is 30.1 Å². The molecule has 2 amide bonds. The van der Waals surface area contributed by atoms with Crippen molar-refractivity contribution in [3.63, 3.8) is 0 Å². The van der Waals surface area contributed by atoms with Gasteiger partial charge in [0.1, 0.15) is 6.54 Å². The molecule has 0 radical (unpaired) electrons. The molecule has 0 spiro atoms. The molecular formula is C13H19N3O3. The van der Waals surface area contributed by atoms with Gasteiger partial charge in [0, 0.05) is 19.8 Å². The Hall–Kier alpha value is -2.11. The maximum absolute atomic E-state index is 12.1. The monoisotopic (exact) mass is 265 g/mol. The quantitative estimate of drug-likeness (QED) is 0.844. The third kappa shape index (κ3) is 4.95. The second kappa shape index (κ2) is 7.35. The predicted octanol–water partition coefficient (Wildman–Crippen LogP) is 1.43. The molecule has 1 heterocycles. The zero-order valence-electron chi connectivity index (χ0n) is 11.2. The predicted molar refractivity (Wildman–Crippen MR) is 70.6 cm³/mol. The average Bonchev–Trinajstić information content (AvgIpc) is 2.38. The van der Waals surface area contributed by atoms with Crippen LogP contribution in [0.5, 0.6) is 0 Å². The number of hydrogen-bond acceptors (Lipinski definition) is 3. The number of pyridine rings is 1. The summed E-state index contributed by atoms with van der Waals surface area (Å²) in [5.74, 6) is -1.01. The lowest BCUT2D eigenvalue weighted by molar-refractivity contribution is -0.137. The van der Waals surface area contributed by atoms with Crippen molar-refractivity contribution in [2.45, 2.75) is 19.9 Å². The zero-order chi connectivity index (χ0) is 14.3. The van der Waals surface area contributed by atoms with E-state index in [-0.39, 0.29) is 12.6 Å². The van der Waals surface area contributed by atoms with Gasteiger partial charge in [-0.3, -0.25) is 9.78 Å². The molecule has 0 aromatic carbocycles. The number of aliphatic carboxylic acids is 1. The van der Waals surface area contributed by atoms with Crippen molar-refractivity contribution >= 4 is 12.0 Å². The van der Waals surface area contributed by atoms with Crippen LogP contribution < -0.4 is 0 Å². The third-order valence-electron chi connectivity index (χ3n) is 2.54. The summed E-state index contributed by atoms with van der Waals surface area (Å²) in [6.45, 7) is 2.41. The van der Waals surface area contributed by atoms with Gasteiger partial charge in [0.2, 0.25) is 0 Å². The molecule has 1 aromatic rings. The number of carboxylic acid groups (broad SMARTS) is 1. The number of hydrogen-bond donors (Lipinski definition) is 1. The van der Waals surface area contributed by atoms with Gasteiger partial charge in [0.25, 0.3) is 0 Å². The molecule has 1 aromatic heterocycles. The van der Waals surface area contributed by atoms with Crippen molar-refractivity contribution in [2.75, 3.05) is 20.1 Å². The highest BCUT2D eigenvalue weighted by Gasteiger charge is 2.19. The molecule has 0 atom stereocenters.